The molecule has 4 heterocycles. The van der Waals surface area contributed by atoms with Crippen LogP contribution >= 0.6 is 0 Å². The van der Waals surface area contributed by atoms with Gasteiger partial charge in [0.15, 0.2) is 5.69 Å². The first-order valence-electron chi connectivity index (χ1n) is 10.2. The maximum absolute atomic E-state index is 12.8. The third-order valence-corrected chi connectivity index (χ3v) is 5.09. The molecule has 8 nitrogen and oxygen atoms in total. The quantitative estimate of drug-likeness (QED) is 0.601. The number of nitrogens with one attached hydrogen (secondary N) is 1. The highest BCUT2D eigenvalue weighted by molar-refractivity contribution is 5.99. The van der Waals surface area contributed by atoms with Gasteiger partial charge in [-0.2, -0.15) is 13.2 Å². The molecule has 1 aliphatic rings. The van der Waals surface area contributed by atoms with Crippen LogP contribution in [0.2, 0.25) is 0 Å². The summed E-state index contributed by atoms with van der Waals surface area (Å²) in [5, 5.41) is 10.1. The smallest absolute Gasteiger partial charge is 0.475 e. The zero-order valence-electron chi connectivity index (χ0n) is 17.8. The molecule has 1 aliphatic heterocycles. The Hall–Kier alpha value is -3.47. The van der Waals surface area contributed by atoms with Crippen LogP contribution in [0.1, 0.15) is 41.6 Å². The largest absolute Gasteiger partial charge is 0.490 e. The van der Waals surface area contributed by atoms with Crippen LogP contribution in [0, 0.1) is 0 Å². The van der Waals surface area contributed by atoms with E-state index in [0.29, 0.717) is 18.7 Å². The van der Waals surface area contributed by atoms with E-state index in [0.717, 1.165) is 36.4 Å². The number of aliphatic carboxylic acids is 1. The van der Waals surface area contributed by atoms with E-state index >= 15 is 0 Å². The lowest BCUT2D eigenvalue weighted by molar-refractivity contribution is -0.192. The number of rotatable bonds is 5. The molecule has 176 valence electrons. The highest BCUT2D eigenvalue weighted by Crippen LogP contribution is 2.24. The molecule has 1 saturated heterocycles. The van der Waals surface area contributed by atoms with Gasteiger partial charge in [-0.15, -0.1) is 0 Å². The van der Waals surface area contributed by atoms with Gasteiger partial charge in [-0.05, 0) is 43.5 Å². The molecule has 0 spiro atoms. The summed E-state index contributed by atoms with van der Waals surface area (Å²) < 4.78 is 39.5. The maximum atomic E-state index is 12.8. The number of pyridine rings is 2. The standard InChI is InChI=1S/C20H22N4O2.C2HF3O2/c1-20(8-5-11-26-20)14-22-19(25)18-16-7-2-3-10-24(16)17(23-18)12-15-6-4-9-21-13-15;3-2(4,5)1(6)7/h2-4,6-7,9-10,13H,5,8,11-12,14H2,1H3,(H,22,25);(H,6,7). The summed E-state index contributed by atoms with van der Waals surface area (Å²) in [5.41, 5.74) is 2.04. The van der Waals surface area contributed by atoms with E-state index in [9.17, 15) is 18.0 Å². The molecular weight excluding hydrogens is 441 g/mol. The number of imidazole rings is 1. The molecule has 0 radical (unpaired) electrons. The van der Waals surface area contributed by atoms with Crippen LogP contribution in [0.15, 0.2) is 48.9 Å². The van der Waals surface area contributed by atoms with E-state index in [1.165, 1.54) is 0 Å². The third kappa shape index (κ3) is 6.28. The molecular formula is C22H23F3N4O4. The Kier molecular flexibility index (Phi) is 7.32. The van der Waals surface area contributed by atoms with Crippen molar-refractivity contribution < 1.29 is 32.6 Å². The minimum absolute atomic E-state index is 0.164. The molecule has 33 heavy (non-hydrogen) atoms. The van der Waals surface area contributed by atoms with E-state index in [2.05, 4.69) is 15.3 Å². The number of ether oxygens (including phenoxy) is 1. The van der Waals surface area contributed by atoms with Crippen molar-refractivity contribution in [1.29, 1.82) is 0 Å². The normalized spacial score (nSPS) is 17.9. The van der Waals surface area contributed by atoms with Crippen LogP contribution in [0.3, 0.4) is 0 Å². The molecule has 0 aliphatic carbocycles. The summed E-state index contributed by atoms with van der Waals surface area (Å²) in [4.78, 5) is 30.5. The summed E-state index contributed by atoms with van der Waals surface area (Å²) in [7, 11) is 0. The average Bonchev–Trinajstić information content (AvgIpc) is 3.37. The molecule has 11 heteroatoms. The number of fused-ring (bicyclic) bond motifs is 1. The summed E-state index contributed by atoms with van der Waals surface area (Å²) >= 11 is 0. The van der Waals surface area contributed by atoms with Crippen molar-refractivity contribution in [2.75, 3.05) is 13.2 Å². The van der Waals surface area contributed by atoms with E-state index in [1.807, 2.05) is 54.0 Å². The molecule has 1 atom stereocenters. The highest BCUT2D eigenvalue weighted by Gasteiger charge is 2.38. The number of hydrogen-bond acceptors (Lipinski definition) is 5. The predicted molar refractivity (Wildman–Crippen MR) is 112 cm³/mol. The van der Waals surface area contributed by atoms with Crippen molar-refractivity contribution in [2.24, 2.45) is 0 Å². The second-order valence-corrected chi connectivity index (χ2v) is 7.76. The number of carbonyl (C=O) groups excluding carboxylic acids is 1. The molecule has 0 bridgehead atoms. The van der Waals surface area contributed by atoms with Crippen LogP contribution in [0.4, 0.5) is 13.2 Å². The van der Waals surface area contributed by atoms with E-state index in [-0.39, 0.29) is 11.5 Å². The van der Waals surface area contributed by atoms with Gasteiger partial charge in [-0.1, -0.05) is 12.1 Å². The van der Waals surface area contributed by atoms with Crippen LogP contribution in [-0.4, -0.2) is 56.3 Å². The Balaban J connectivity index is 0.000000383. The molecule has 0 saturated carbocycles. The van der Waals surface area contributed by atoms with E-state index in [4.69, 9.17) is 14.6 Å². The minimum Gasteiger partial charge on any atom is -0.475 e. The number of nitrogens with zero attached hydrogens (tertiary/aromatic N) is 3. The summed E-state index contributed by atoms with van der Waals surface area (Å²) in [5.74, 6) is -2.10. The fourth-order valence-electron chi connectivity index (χ4n) is 3.41. The Morgan fingerprint density at radius 3 is 2.64 bits per heavy atom. The second kappa shape index (κ2) is 9.99. The monoisotopic (exact) mass is 464 g/mol. The zero-order valence-corrected chi connectivity index (χ0v) is 17.8. The summed E-state index contributed by atoms with van der Waals surface area (Å²) in [6.07, 6.45) is 3.04. The average molecular weight is 464 g/mol. The Morgan fingerprint density at radius 1 is 1.27 bits per heavy atom. The number of alkyl halides is 3. The van der Waals surface area contributed by atoms with Crippen molar-refractivity contribution in [3.63, 3.8) is 0 Å². The van der Waals surface area contributed by atoms with Crippen LogP contribution in [0.5, 0.6) is 0 Å². The Morgan fingerprint density at radius 2 is 2.03 bits per heavy atom. The van der Waals surface area contributed by atoms with Crippen molar-refractivity contribution in [3.05, 3.63) is 66.0 Å². The van der Waals surface area contributed by atoms with Gasteiger partial charge >= 0.3 is 12.1 Å². The van der Waals surface area contributed by atoms with Gasteiger partial charge in [-0.3, -0.25) is 9.78 Å². The number of carboxylic acids is 1. The lowest BCUT2D eigenvalue weighted by Crippen LogP contribution is -2.40. The molecule has 2 N–H and O–H groups in total. The van der Waals surface area contributed by atoms with Gasteiger partial charge in [0.1, 0.15) is 5.82 Å². The van der Waals surface area contributed by atoms with Crippen molar-refractivity contribution in [2.45, 2.75) is 38.0 Å². The first-order valence-corrected chi connectivity index (χ1v) is 10.2. The number of hydrogen-bond donors (Lipinski definition) is 2. The molecule has 1 fully saturated rings. The SMILES string of the molecule is CC1(CNC(=O)c2nc(Cc3cccnc3)n3ccccc23)CCCO1.O=C(O)C(F)(F)F. The summed E-state index contributed by atoms with van der Waals surface area (Å²) in [6.45, 7) is 3.30. The second-order valence-electron chi connectivity index (χ2n) is 7.76. The third-order valence-electron chi connectivity index (χ3n) is 5.09. The van der Waals surface area contributed by atoms with Crippen molar-refractivity contribution in [1.82, 2.24) is 19.7 Å². The molecule has 1 unspecified atom stereocenters. The van der Waals surface area contributed by atoms with Gasteiger partial charge in [0.05, 0.1) is 11.1 Å². The van der Waals surface area contributed by atoms with Gasteiger partial charge < -0.3 is 19.6 Å². The van der Waals surface area contributed by atoms with E-state index < -0.39 is 12.1 Å². The minimum atomic E-state index is -5.08. The predicted octanol–water partition coefficient (Wildman–Crippen LogP) is 3.25. The van der Waals surface area contributed by atoms with Crippen LogP contribution < -0.4 is 5.32 Å². The molecule has 1 amide bonds. The van der Waals surface area contributed by atoms with Crippen molar-refractivity contribution >= 4 is 17.4 Å². The number of aromatic nitrogens is 3. The lowest BCUT2D eigenvalue weighted by Gasteiger charge is -2.23. The van der Waals surface area contributed by atoms with Crippen LogP contribution in [-0.2, 0) is 16.0 Å². The Bertz CT molecular complexity index is 1110. The molecule has 0 aromatic carbocycles. The fraction of sp³-hybridized carbons (Fsp3) is 0.364. The first kappa shape index (κ1) is 24.2. The molecule has 4 rings (SSSR count). The fourth-order valence-corrected chi connectivity index (χ4v) is 3.41. The van der Waals surface area contributed by atoms with Gasteiger partial charge in [0.25, 0.3) is 5.91 Å². The topological polar surface area (TPSA) is 106 Å². The number of carbonyl (C=O) groups is 2. The highest BCUT2D eigenvalue weighted by atomic mass is 19.4. The van der Waals surface area contributed by atoms with Gasteiger partial charge in [-0.25, -0.2) is 9.78 Å². The van der Waals surface area contributed by atoms with Crippen LogP contribution in [0.25, 0.3) is 5.52 Å². The number of carboxylic acid groups (broad SMARTS) is 1. The Labute approximate surface area is 187 Å². The van der Waals surface area contributed by atoms with Gasteiger partial charge in [0.2, 0.25) is 0 Å². The lowest BCUT2D eigenvalue weighted by atomic mass is 10.0. The number of halogens is 3. The first-order chi connectivity index (χ1) is 15.6. The van der Waals surface area contributed by atoms with Gasteiger partial charge in [0, 0.05) is 38.2 Å². The maximum Gasteiger partial charge on any atom is 0.490 e. The van der Waals surface area contributed by atoms with Crippen molar-refractivity contribution in [3.8, 4) is 0 Å². The zero-order chi connectivity index (χ0) is 24.1. The molecule has 3 aromatic heterocycles. The number of amides is 1. The molecule has 3 aromatic rings. The van der Waals surface area contributed by atoms with E-state index in [1.54, 1.807) is 6.20 Å². The summed E-state index contributed by atoms with van der Waals surface area (Å²) in [6, 6.07) is 9.69.